The van der Waals surface area contributed by atoms with Crippen LogP contribution in [0.1, 0.15) is 30.0 Å². The highest BCUT2D eigenvalue weighted by molar-refractivity contribution is 5.81. The third kappa shape index (κ3) is 3.02. The van der Waals surface area contributed by atoms with Gasteiger partial charge in [-0.05, 0) is 31.4 Å². The summed E-state index contributed by atoms with van der Waals surface area (Å²) >= 11 is 0. The van der Waals surface area contributed by atoms with Gasteiger partial charge in [-0.1, -0.05) is 30.7 Å². The summed E-state index contributed by atoms with van der Waals surface area (Å²) in [7, 11) is 0. The monoisotopic (exact) mass is 175 g/mol. The van der Waals surface area contributed by atoms with E-state index in [0.717, 1.165) is 13.0 Å². The first-order chi connectivity index (χ1) is 6.24. The maximum absolute atomic E-state index is 4.33. The number of aryl methyl sites for hydroxylation is 2. The van der Waals surface area contributed by atoms with Gasteiger partial charge in [0.1, 0.15) is 0 Å². The maximum atomic E-state index is 4.33. The lowest BCUT2D eigenvalue weighted by molar-refractivity contribution is 0.937. The smallest absolute Gasteiger partial charge is 0.0386 e. The van der Waals surface area contributed by atoms with E-state index < -0.39 is 0 Å². The summed E-state index contributed by atoms with van der Waals surface area (Å²) in [6.07, 6.45) is 3.08. The first-order valence-electron chi connectivity index (χ1n) is 4.81. The fourth-order valence-corrected chi connectivity index (χ4v) is 1.26. The second-order valence-electron chi connectivity index (χ2n) is 3.40. The van der Waals surface area contributed by atoms with E-state index in [9.17, 15) is 0 Å². The summed E-state index contributed by atoms with van der Waals surface area (Å²) < 4.78 is 0. The van der Waals surface area contributed by atoms with Crippen molar-refractivity contribution in [2.45, 2.75) is 27.2 Å². The zero-order chi connectivity index (χ0) is 9.68. The van der Waals surface area contributed by atoms with Crippen LogP contribution in [0.15, 0.2) is 23.2 Å². The molecular formula is C12H17N. The van der Waals surface area contributed by atoms with Crippen LogP contribution in [0.4, 0.5) is 0 Å². The molecule has 0 fully saturated rings. The van der Waals surface area contributed by atoms with Crippen LogP contribution in [0.25, 0.3) is 0 Å². The van der Waals surface area contributed by atoms with Crippen LogP contribution in [-0.4, -0.2) is 12.8 Å². The lowest BCUT2D eigenvalue weighted by Crippen LogP contribution is -1.88. The largest absolute Gasteiger partial charge is 0.293 e. The molecule has 0 aliphatic rings. The Bertz CT molecular complexity index is 300. The highest BCUT2D eigenvalue weighted by atomic mass is 14.7. The first kappa shape index (κ1) is 9.97. The molecule has 0 N–H and O–H groups in total. The Kier molecular flexibility index (Phi) is 3.69. The molecule has 0 radical (unpaired) electrons. The molecule has 1 aromatic rings. The third-order valence-electron chi connectivity index (χ3n) is 2.01. The predicted molar refractivity (Wildman–Crippen MR) is 58.7 cm³/mol. The van der Waals surface area contributed by atoms with Gasteiger partial charge in [0.25, 0.3) is 0 Å². The molecule has 1 rings (SSSR count). The van der Waals surface area contributed by atoms with Crippen LogP contribution in [0.5, 0.6) is 0 Å². The molecule has 0 saturated heterocycles. The quantitative estimate of drug-likeness (QED) is 0.626. The zero-order valence-electron chi connectivity index (χ0n) is 8.67. The molecule has 0 aliphatic heterocycles. The van der Waals surface area contributed by atoms with Crippen LogP contribution in [0.2, 0.25) is 0 Å². The minimum absolute atomic E-state index is 0.924. The number of hydrogen-bond acceptors (Lipinski definition) is 1. The van der Waals surface area contributed by atoms with Crippen molar-refractivity contribution in [3.8, 4) is 0 Å². The molecule has 0 unspecified atom stereocenters. The average molecular weight is 175 g/mol. The van der Waals surface area contributed by atoms with Crippen molar-refractivity contribution < 1.29 is 0 Å². The van der Waals surface area contributed by atoms with Gasteiger partial charge in [0.05, 0.1) is 0 Å². The molecule has 0 aliphatic carbocycles. The molecule has 0 amide bonds. The third-order valence-corrected chi connectivity index (χ3v) is 2.01. The fraction of sp³-hybridized carbons (Fsp3) is 0.417. The zero-order valence-corrected chi connectivity index (χ0v) is 8.67. The number of aliphatic imine (C=N–C) groups is 1. The molecule has 0 saturated carbocycles. The number of hydrogen-bond donors (Lipinski definition) is 0. The molecule has 0 bridgehead atoms. The highest BCUT2D eigenvalue weighted by Gasteiger charge is 1.93. The van der Waals surface area contributed by atoms with Gasteiger partial charge in [-0.3, -0.25) is 4.99 Å². The molecule has 0 heterocycles. The Morgan fingerprint density at radius 2 is 2.08 bits per heavy atom. The van der Waals surface area contributed by atoms with E-state index in [-0.39, 0.29) is 0 Å². The van der Waals surface area contributed by atoms with Crippen LogP contribution in [0, 0.1) is 13.8 Å². The summed E-state index contributed by atoms with van der Waals surface area (Å²) in [5.74, 6) is 0. The van der Waals surface area contributed by atoms with Crippen molar-refractivity contribution in [1.82, 2.24) is 0 Å². The second-order valence-corrected chi connectivity index (χ2v) is 3.40. The van der Waals surface area contributed by atoms with Gasteiger partial charge in [-0.15, -0.1) is 0 Å². The van der Waals surface area contributed by atoms with Crippen molar-refractivity contribution in [2.24, 2.45) is 4.99 Å². The van der Waals surface area contributed by atoms with Gasteiger partial charge < -0.3 is 0 Å². The van der Waals surface area contributed by atoms with Gasteiger partial charge in [0, 0.05) is 12.8 Å². The molecule has 0 spiro atoms. The predicted octanol–water partition coefficient (Wildman–Crippen LogP) is 3.13. The Labute approximate surface area is 80.5 Å². The molecule has 1 heteroatoms. The van der Waals surface area contributed by atoms with Gasteiger partial charge in [-0.2, -0.15) is 0 Å². The van der Waals surface area contributed by atoms with Gasteiger partial charge in [-0.25, -0.2) is 0 Å². The summed E-state index contributed by atoms with van der Waals surface area (Å²) in [6, 6.07) is 6.44. The van der Waals surface area contributed by atoms with E-state index in [1.807, 2.05) is 6.21 Å². The molecule has 0 aromatic heterocycles. The topological polar surface area (TPSA) is 12.4 Å². The van der Waals surface area contributed by atoms with Crippen LogP contribution in [-0.2, 0) is 0 Å². The van der Waals surface area contributed by atoms with Crippen molar-refractivity contribution in [3.05, 3.63) is 34.9 Å². The number of benzene rings is 1. The molecule has 1 aromatic carbocycles. The van der Waals surface area contributed by atoms with Crippen molar-refractivity contribution in [1.29, 1.82) is 0 Å². The minimum atomic E-state index is 0.924. The molecule has 0 atom stereocenters. The van der Waals surface area contributed by atoms with Crippen molar-refractivity contribution in [2.75, 3.05) is 6.54 Å². The second kappa shape index (κ2) is 4.80. The van der Waals surface area contributed by atoms with Crippen molar-refractivity contribution in [3.63, 3.8) is 0 Å². The van der Waals surface area contributed by atoms with E-state index in [2.05, 4.69) is 44.0 Å². The summed E-state index contributed by atoms with van der Waals surface area (Å²) in [6.45, 7) is 7.30. The Hall–Kier alpha value is -1.11. The number of nitrogens with zero attached hydrogens (tertiary/aromatic N) is 1. The van der Waals surface area contributed by atoms with E-state index in [1.54, 1.807) is 0 Å². The molecule has 1 nitrogen and oxygen atoms in total. The van der Waals surface area contributed by atoms with Crippen LogP contribution in [0.3, 0.4) is 0 Å². The van der Waals surface area contributed by atoms with Crippen LogP contribution >= 0.6 is 0 Å². The summed E-state index contributed by atoms with van der Waals surface area (Å²) in [4.78, 5) is 4.33. The Balaban J connectivity index is 2.77. The lowest BCUT2D eigenvalue weighted by Gasteiger charge is -2.00. The van der Waals surface area contributed by atoms with Crippen molar-refractivity contribution >= 4 is 6.21 Å². The SMILES string of the molecule is CCC/N=C\c1ccc(C)cc1C. The van der Waals surface area contributed by atoms with E-state index in [1.165, 1.54) is 16.7 Å². The van der Waals surface area contributed by atoms with E-state index in [0.29, 0.717) is 0 Å². The lowest BCUT2D eigenvalue weighted by atomic mass is 10.1. The summed E-state index contributed by atoms with van der Waals surface area (Å²) in [5.41, 5.74) is 3.85. The normalized spacial score (nSPS) is 11.0. The Morgan fingerprint density at radius 1 is 1.31 bits per heavy atom. The average Bonchev–Trinajstić information content (AvgIpc) is 2.09. The minimum Gasteiger partial charge on any atom is -0.293 e. The van der Waals surface area contributed by atoms with E-state index in [4.69, 9.17) is 0 Å². The molecular weight excluding hydrogens is 158 g/mol. The van der Waals surface area contributed by atoms with Gasteiger partial charge in [0.2, 0.25) is 0 Å². The fourth-order valence-electron chi connectivity index (χ4n) is 1.26. The number of rotatable bonds is 3. The van der Waals surface area contributed by atoms with Crippen LogP contribution < -0.4 is 0 Å². The molecule has 13 heavy (non-hydrogen) atoms. The van der Waals surface area contributed by atoms with Gasteiger partial charge in [0.15, 0.2) is 0 Å². The first-order valence-corrected chi connectivity index (χ1v) is 4.81. The van der Waals surface area contributed by atoms with Gasteiger partial charge >= 0.3 is 0 Å². The summed E-state index contributed by atoms with van der Waals surface area (Å²) in [5, 5.41) is 0. The highest BCUT2D eigenvalue weighted by Crippen LogP contribution is 2.07. The van der Waals surface area contributed by atoms with E-state index >= 15 is 0 Å². The standard InChI is InChI=1S/C12H17N/c1-4-7-13-9-12-6-5-10(2)8-11(12)3/h5-6,8-9H,4,7H2,1-3H3/b13-9-. The Morgan fingerprint density at radius 3 is 2.69 bits per heavy atom. The maximum Gasteiger partial charge on any atom is 0.0386 e. The molecule has 70 valence electrons.